The van der Waals surface area contributed by atoms with Gasteiger partial charge in [0.2, 0.25) is 0 Å². The van der Waals surface area contributed by atoms with Gasteiger partial charge in [-0.1, -0.05) is 19.3 Å². The highest BCUT2D eigenvalue weighted by Crippen LogP contribution is 2.41. The molecule has 1 fully saturated rings. The number of hydrogen-bond donors (Lipinski definition) is 0. The van der Waals surface area contributed by atoms with Gasteiger partial charge in [0.1, 0.15) is 0 Å². The average molecular weight is 294 g/mol. The first-order valence-electron chi connectivity index (χ1n) is 5.87. The lowest BCUT2D eigenvalue weighted by Crippen LogP contribution is -2.51. The Balaban J connectivity index is 3.51. The largest absolute Gasteiger partial charge is 0.371 e. The van der Waals surface area contributed by atoms with Crippen molar-refractivity contribution in [2.45, 2.75) is 55.3 Å². The smallest absolute Gasteiger partial charge is 0.361 e. The Morgan fingerprint density at radius 2 is 1.61 bits per heavy atom. The molecule has 0 N–H and O–H groups in total. The van der Waals surface area contributed by atoms with Crippen molar-refractivity contribution in [1.82, 2.24) is 0 Å². The van der Waals surface area contributed by atoms with Crippen LogP contribution >= 0.6 is 0 Å². The minimum Gasteiger partial charge on any atom is -0.361 e. The fourth-order valence-corrected chi connectivity index (χ4v) is 7.30. The maximum absolute atomic E-state index is 12.4. The van der Waals surface area contributed by atoms with E-state index in [-0.39, 0.29) is 12.8 Å². The van der Waals surface area contributed by atoms with Crippen LogP contribution in [0.4, 0.5) is 0 Å². The Kier molecular flexibility index (Phi) is 4.35. The highest BCUT2D eigenvalue weighted by atomic mass is 32.3. The maximum Gasteiger partial charge on any atom is 0.371 e. The lowest BCUT2D eigenvalue weighted by Gasteiger charge is -2.34. The van der Waals surface area contributed by atoms with E-state index in [4.69, 9.17) is 5.53 Å². The van der Waals surface area contributed by atoms with Crippen molar-refractivity contribution in [3.63, 3.8) is 0 Å². The van der Waals surface area contributed by atoms with Gasteiger partial charge in [-0.2, -0.15) is 4.79 Å². The van der Waals surface area contributed by atoms with E-state index >= 15 is 0 Å². The third kappa shape index (κ3) is 2.24. The standard InChI is InChI=1S/C10H18N2O4S2/c1-9(2)18(15,16)10(6-4-3-5-7-10)17(13,14)8-12-11/h8-9H,3-7H2,1-2H3. The fraction of sp³-hybridized carbons (Fsp3) is 0.900. The molecule has 1 rings (SSSR count). The van der Waals surface area contributed by atoms with Gasteiger partial charge in [0.05, 0.1) is 5.25 Å². The van der Waals surface area contributed by atoms with E-state index in [1.165, 1.54) is 13.8 Å². The molecule has 8 heteroatoms. The first-order valence-corrected chi connectivity index (χ1v) is 8.96. The van der Waals surface area contributed by atoms with Gasteiger partial charge >= 0.3 is 5.55 Å². The van der Waals surface area contributed by atoms with Gasteiger partial charge in [-0.15, -0.1) is 0 Å². The van der Waals surface area contributed by atoms with Gasteiger partial charge in [0, 0.05) is 0 Å². The highest BCUT2D eigenvalue weighted by Gasteiger charge is 2.57. The molecule has 0 atom stereocenters. The Labute approximate surface area is 108 Å². The van der Waals surface area contributed by atoms with E-state index in [0.717, 1.165) is 6.42 Å². The monoisotopic (exact) mass is 294 g/mol. The van der Waals surface area contributed by atoms with E-state index < -0.39 is 29.0 Å². The van der Waals surface area contributed by atoms with Crippen molar-refractivity contribution in [3.8, 4) is 0 Å². The minimum absolute atomic E-state index is 0.0713. The molecular weight excluding hydrogens is 276 g/mol. The van der Waals surface area contributed by atoms with Crippen LogP contribution in [0.1, 0.15) is 46.0 Å². The summed E-state index contributed by atoms with van der Waals surface area (Å²) in [6.07, 6.45) is 2.06. The number of sulfone groups is 2. The van der Waals surface area contributed by atoms with Gasteiger partial charge in [-0.3, -0.25) is 0 Å². The van der Waals surface area contributed by atoms with Crippen LogP contribution in [0, 0.1) is 0 Å². The third-order valence-electron chi connectivity index (χ3n) is 3.46. The van der Waals surface area contributed by atoms with Crippen molar-refractivity contribution < 1.29 is 21.6 Å². The van der Waals surface area contributed by atoms with Crippen LogP contribution in [0.3, 0.4) is 0 Å². The van der Waals surface area contributed by atoms with Crippen molar-refractivity contribution in [1.29, 1.82) is 0 Å². The molecule has 1 aliphatic rings. The second-order valence-corrected chi connectivity index (χ2v) is 9.99. The summed E-state index contributed by atoms with van der Waals surface area (Å²) in [5.41, 5.74) is 8.81. The second kappa shape index (κ2) is 5.11. The van der Waals surface area contributed by atoms with Crippen LogP contribution in [0.25, 0.3) is 5.53 Å². The van der Waals surface area contributed by atoms with Gasteiger partial charge in [-0.05, 0) is 26.7 Å². The van der Waals surface area contributed by atoms with Crippen LogP contribution in [-0.2, 0) is 19.7 Å². The lowest BCUT2D eigenvalue weighted by atomic mass is 10.00. The van der Waals surface area contributed by atoms with Crippen LogP contribution in [0.2, 0.25) is 0 Å². The molecule has 104 valence electrons. The summed E-state index contributed by atoms with van der Waals surface area (Å²) in [5, 5.41) is -0.780. The van der Waals surface area contributed by atoms with Crippen molar-refractivity contribution in [3.05, 3.63) is 5.53 Å². The van der Waals surface area contributed by atoms with Gasteiger partial charge in [-0.25, -0.2) is 16.8 Å². The molecule has 1 aliphatic carbocycles. The summed E-state index contributed by atoms with van der Waals surface area (Å²) in [7, 11) is -7.96. The van der Waals surface area contributed by atoms with E-state index in [1.807, 2.05) is 0 Å². The van der Waals surface area contributed by atoms with Crippen molar-refractivity contribution in [2.75, 3.05) is 0 Å². The highest BCUT2D eigenvalue weighted by molar-refractivity contribution is 8.17. The van der Waals surface area contributed by atoms with Crippen LogP contribution < -0.4 is 0 Å². The molecule has 0 unspecified atom stereocenters. The molecule has 0 aliphatic heterocycles. The summed E-state index contributed by atoms with van der Waals surface area (Å²) < 4.78 is 47.3. The zero-order chi connectivity index (χ0) is 14.0. The number of nitrogens with zero attached hydrogens (tertiary/aromatic N) is 2. The summed E-state index contributed by atoms with van der Waals surface area (Å²) in [6.45, 7) is 2.94. The van der Waals surface area contributed by atoms with Gasteiger partial charge in [0.25, 0.3) is 9.84 Å². The van der Waals surface area contributed by atoms with Crippen LogP contribution in [0.15, 0.2) is 0 Å². The molecule has 0 bridgehead atoms. The predicted octanol–water partition coefficient (Wildman–Crippen LogP) is 1.14. The minimum atomic E-state index is -4.13. The first-order chi connectivity index (χ1) is 8.21. The van der Waals surface area contributed by atoms with Crippen LogP contribution in [0.5, 0.6) is 0 Å². The Hall–Kier alpha value is -0.720. The summed E-state index contributed by atoms with van der Waals surface area (Å²) in [6, 6.07) is 0. The summed E-state index contributed by atoms with van der Waals surface area (Å²) in [5.74, 6) is 0. The zero-order valence-corrected chi connectivity index (χ0v) is 12.2. The second-order valence-electron chi connectivity index (χ2n) is 4.83. The maximum atomic E-state index is 12.4. The predicted molar refractivity (Wildman–Crippen MR) is 68.5 cm³/mol. The summed E-state index contributed by atoms with van der Waals surface area (Å²) >= 11 is 0. The van der Waals surface area contributed by atoms with Crippen molar-refractivity contribution >= 4 is 25.2 Å². The quantitative estimate of drug-likeness (QED) is 0.335. The molecule has 0 amide bonds. The van der Waals surface area contributed by atoms with Gasteiger partial charge in [0.15, 0.2) is 13.9 Å². The number of rotatable bonds is 4. The van der Waals surface area contributed by atoms with E-state index in [2.05, 4.69) is 4.79 Å². The molecule has 0 aromatic rings. The molecule has 0 spiro atoms. The van der Waals surface area contributed by atoms with E-state index in [1.54, 1.807) is 0 Å². The molecule has 0 aromatic heterocycles. The molecule has 6 nitrogen and oxygen atoms in total. The molecule has 0 heterocycles. The van der Waals surface area contributed by atoms with E-state index in [0.29, 0.717) is 18.4 Å². The Morgan fingerprint density at radius 3 is 2.00 bits per heavy atom. The third-order valence-corrected chi connectivity index (χ3v) is 9.36. The normalized spacial score (nSPS) is 20.4. The topological polar surface area (TPSA) is 105 Å². The Bertz CT molecular complexity index is 551. The fourth-order valence-electron chi connectivity index (χ4n) is 2.41. The zero-order valence-electron chi connectivity index (χ0n) is 10.5. The van der Waals surface area contributed by atoms with E-state index in [9.17, 15) is 16.8 Å². The van der Waals surface area contributed by atoms with Crippen LogP contribution in [-0.4, -0.2) is 36.5 Å². The lowest BCUT2D eigenvalue weighted by molar-refractivity contribution is 0.00739. The number of hydrogen-bond acceptors (Lipinski definition) is 4. The summed E-state index contributed by atoms with van der Waals surface area (Å²) in [4.78, 5) is 2.52. The SMILES string of the molecule is CC(C)S(=O)(=O)C1(S(=O)(=O)C=[N+]=[N-])CCCCC1. The molecular formula is C10H18N2O4S2. The molecule has 0 aromatic carbocycles. The molecule has 0 radical (unpaired) electrons. The molecule has 0 saturated heterocycles. The first kappa shape index (κ1) is 15.3. The van der Waals surface area contributed by atoms with Crippen molar-refractivity contribution in [2.24, 2.45) is 0 Å². The average Bonchev–Trinajstić information content (AvgIpc) is 2.29. The Morgan fingerprint density at radius 1 is 1.11 bits per heavy atom. The molecule has 18 heavy (non-hydrogen) atoms. The van der Waals surface area contributed by atoms with Gasteiger partial charge < -0.3 is 5.53 Å². The molecule has 1 saturated carbocycles.